The average molecular weight is 432 g/mol. The number of likely N-dealkylation sites (tertiary alicyclic amines) is 1. The molecule has 0 radical (unpaired) electrons. The molecule has 130 valence electrons. The van der Waals surface area contributed by atoms with E-state index >= 15 is 0 Å². The standard InChI is InChI=1S/C17H28N4O.HI/c1-13(2)20-17(18)19-12-15(21-10-6-7-11-21)14-8-4-5-9-16(14)22-3;/h4-5,8-9,13,15H,6-7,10-12H2,1-3H3,(H3,18,19,20);1H. The van der Waals surface area contributed by atoms with Crippen molar-refractivity contribution in [3.05, 3.63) is 29.8 Å². The molecule has 1 aliphatic heterocycles. The fourth-order valence-corrected chi connectivity index (χ4v) is 2.93. The summed E-state index contributed by atoms with van der Waals surface area (Å²) < 4.78 is 5.54. The number of rotatable bonds is 6. The Kier molecular flexibility index (Phi) is 8.68. The Labute approximate surface area is 156 Å². The quantitative estimate of drug-likeness (QED) is 0.412. The number of aliphatic imine (C=N–C) groups is 1. The van der Waals surface area contributed by atoms with Gasteiger partial charge in [-0.3, -0.25) is 9.89 Å². The lowest BCUT2D eigenvalue weighted by Gasteiger charge is -2.28. The van der Waals surface area contributed by atoms with Gasteiger partial charge in [0.25, 0.3) is 0 Å². The maximum atomic E-state index is 5.96. The summed E-state index contributed by atoms with van der Waals surface area (Å²) in [7, 11) is 1.72. The Bertz CT molecular complexity index is 501. The molecule has 1 saturated heterocycles. The zero-order valence-electron chi connectivity index (χ0n) is 14.3. The van der Waals surface area contributed by atoms with Crippen molar-refractivity contribution in [1.29, 1.82) is 0 Å². The number of hydrogen-bond donors (Lipinski definition) is 2. The van der Waals surface area contributed by atoms with Gasteiger partial charge in [-0.15, -0.1) is 24.0 Å². The lowest BCUT2D eigenvalue weighted by Crippen LogP contribution is -2.38. The first kappa shape index (κ1) is 20.0. The van der Waals surface area contributed by atoms with E-state index in [2.05, 4.69) is 41.2 Å². The van der Waals surface area contributed by atoms with Crippen molar-refractivity contribution in [3.8, 4) is 5.75 Å². The summed E-state index contributed by atoms with van der Waals surface area (Å²) >= 11 is 0. The number of guanidine groups is 1. The highest BCUT2D eigenvalue weighted by Gasteiger charge is 2.25. The van der Waals surface area contributed by atoms with E-state index in [0.717, 1.165) is 18.8 Å². The number of ether oxygens (including phenoxy) is 1. The van der Waals surface area contributed by atoms with Gasteiger partial charge in [-0.05, 0) is 45.8 Å². The molecule has 0 amide bonds. The molecule has 1 unspecified atom stereocenters. The Morgan fingerprint density at radius 3 is 2.57 bits per heavy atom. The number of para-hydroxylation sites is 1. The van der Waals surface area contributed by atoms with Crippen molar-refractivity contribution in [1.82, 2.24) is 10.2 Å². The van der Waals surface area contributed by atoms with E-state index in [1.54, 1.807) is 7.11 Å². The molecule has 0 aliphatic carbocycles. The summed E-state index contributed by atoms with van der Waals surface area (Å²) in [5, 5.41) is 3.15. The molecular weight excluding hydrogens is 403 g/mol. The van der Waals surface area contributed by atoms with Crippen LogP contribution in [0, 0.1) is 0 Å². The number of nitrogens with two attached hydrogens (primary N) is 1. The van der Waals surface area contributed by atoms with Crippen LogP contribution < -0.4 is 15.8 Å². The van der Waals surface area contributed by atoms with E-state index in [0.29, 0.717) is 18.5 Å². The highest BCUT2D eigenvalue weighted by atomic mass is 127. The van der Waals surface area contributed by atoms with Crippen LogP contribution in [0.15, 0.2) is 29.3 Å². The van der Waals surface area contributed by atoms with Gasteiger partial charge in [-0.25, -0.2) is 0 Å². The molecule has 6 heteroatoms. The summed E-state index contributed by atoms with van der Waals surface area (Å²) in [6, 6.07) is 8.70. The van der Waals surface area contributed by atoms with E-state index in [-0.39, 0.29) is 30.0 Å². The number of nitrogens with zero attached hydrogens (tertiary/aromatic N) is 2. The molecule has 3 N–H and O–H groups in total. The molecule has 5 nitrogen and oxygen atoms in total. The fourth-order valence-electron chi connectivity index (χ4n) is 2.93. The molecule has 1 atom stereocenters. The third kappa shape index (κ3) is 5.84. The van der Waals surface area contributed by atoms with Gasteiger partial charge in [0, 0.05) is 11.6 Å². The smallest absolute Gasteiger partial charge is 0.188 e. The number of benzene rings is 1. The van der Waals surface area contributed by atoms with E-state index in [9.17, 15) is 0 Å². The summed E-state index contributed by atoms with van der Waals surface area (Å²) in [5.74, 6) is 1.43. The van der Waals surface area contributed by atoms with Gasteiger partial charge in [-0.2, -0.15) is 0 Å². The van der Waals surface area contributed by atoms with Crippen LogP contribution in [0.25, 0.3) is 0 Å². The van der Waals surface area contributed by atoms with Gasteiger partial charge >= 0.3 is 0 Å². The summed E-state index contributed by atoms with van der Waals surface area (Å²) in [4.78, 5) is 7.02. The maximum Gasteiger partial charge on any atom is 0.188 e. The van der Waals surface area contributed by atoms with Crippen LogP contribution in [0.4, 0.5) is 0 Å². The van der Waals surface area contributed by atoms with Crippen molar-refractivity contribution < 1.29 is 4.74 Å². The monoisotopic (exact) mass is 432 g/mol. The van der Waals surface area contributed by atoms with Gasteiger partial charge in [-0.1, -0.05) is 18.2 Å². The molecule has 23 heavy (non-hydrogen) atoms. The second-order valence-electron chi connectivity index (χ2n) is 6.03. The summed E-state index contributed by atoms with van der Waals surface area (Å²) in [5.41, 5.74) is 7.15. The number of nitrogens with one attached hydrogen (secondary N) is 1. The van der Waals surface area contributed by atoms with Crippen LogP contribution in [0.1, 0.15) is 38.3 Å². The molecule has 1 heterocycles. The van der Waals surface area contributed by atoms with Gasteiger partial charge < -0.3 is 15.8 Å². The van der Waals surface area contributed by atoms with Crippen LogP contribution in [0.5, 0.6) is 5.75 Å². The molecule has 0 bridgehead atoms. The van der Waals surface area contributed by atoms with Crippen molar-refractivity contribution in [2.45, 2.75) is 38.8 Å². The van der Waals surface area contributed by atoms with Crippen molar-refractivity contribution >= 4 is 29.9 Å². The zero-order chi connectivity index (χ0) is 15.9. The largest absolute Gasteiger partial charge is 0.496 e. The van der Waals surface area contributed by atoms with Crippen LogP contribution in [-0.2, 0) is 0 Å². The van der Waals surface area contributed by atoms with Gasteiger partial charge in [0.2, 0.25) is 0 Å². The number of methoxy groups -OCH3 is 1. The molecule has 2 rings (SSSR count). The Morgan fingerprint density at radius 2 is 1.96 bits per heavy atom. The summed E-state index contributed by atoms with van der Waals surface area (Å²) in [6.07, 6.45) is 2.49. The normalized spacial score (nSPS) is 17.0. The van der Waals surface area contributed by atoms with E-state index in [4.69, 9.17) is 10.5 Å². The Balaban J connectivity index is 0.00000264. The third-order valence-electron chi connectivity index (χ3n) is 3.95. The molecule has 0 spiro atoms. The zero-order valence-corrected chi connectivity index (χ0v) is 16.6. The first-order chi connectivity index (χ1) is 10.6. The molecule has 0 aromatic heterocycles. The first-order valence-electron chi connectivity index (χ1n) is 8.05. The lowest BCUT2D eigenvalue weighted by molar-refractivity contribution is 0.245. The first-order valence-corrected chi connectivity index (χ1v) is 8.05. The number of hydrogen-bond acceptors (Lipinski definition) is 3. The lowest BCUT2D eigenvalue weighted by atomic mass is 10.0. The third-order valence-corrected chi connectivity index (χ3v) is 3.95. The Hall–Kier alpha value is -1.02. The van der Waals surface area contributed by atoms with Crippen LogP contribution >= 0.6 is 24.0 Å². The second kappa shape index (κ2) is 9.97. The summed E-state index contributed by atoms with van der Waals surface area (Å²) in [6.45, 7) is 6.97. The molecule has 1 fully saturated rings. The average Bonchev–Trinajstić information content (AvgIpc) is 3.01. The molecule has 1 aliphatic rings. The van der Waals surface area contributed by atoms with Crippen LogP contribution in [0.2, 0.25) is 0 Å². The van der Waals surface area contributed by atoms with Gasteiger partial charge in [0.15, 0.2) is 5.96 Å². The topological polar surface area (TPSA) is 62.9 Å². The predicted octanol–water partition coefficient (Wildman–Crippen LogP) is 2.76. The highest BCUT2D eigenvalue weighted by Crippen LogP contribution is 2.31. The minimum absolute atomic E-state index is 0. The molecule has 1 aromatic carbocycles. The fraction of sp³-hybridized carbons (Fsp3) is 0.588. The second-order valence-corrected chi connectivity index (χ2v) is 6.03. The minimum Gasteiger partial charge on any atom is -0.496 e. The van der Waals surface area contributed by atoms with Crippen LogP contribution in [-0.4, -0.2) is 43.6 Å². The molecule has 0 saturated carbocycles. The van der Waals surface area contributed by atoms with E-state index < -0.39 is 0 Å². The van der Waals surface area contributed by atoms with Crippen LogP contribution in [0.3, 0.4) is 0 Å². The molecule has 1 aromatic rings. The predicted molar refractivity (Wildman–Crippen MR) is 107 cm³/mol. The highest BCUT2D eigenvalue weighted by molar-refractivity contribution is 14.0. The van der Waals surface area contributed by atoms with Crippen molar-refractivity contribution in [2.75, 3.05) is 26.7 Å². The minimum atomic E-state index is 0. The van der Waals surface area contributed by atoms with Gasteiger partial charge in [0.1, 0.15) is 5.75 Å². The van der Waals surface area contributed by atoms with E-state index in [1.807, 2.05) is 12.1 Å². The SMILES string of the molecule is COc1ccccc1C(CN=C(N)NC(C)C)N1CCCC1.I. The maximum absolute atomic E-state index is 5.96. The van der Waals surface area contributed by atoms with Crippen molar-refractivity contribution in [3.63, 3.8) is 0 Å². The van der Waals surface area contributed by atoms with Crippen molar-refractivity contribution in [2.24, 2.45) is 10.7 Å². The molecular formula is C17H29IN4O. The van der Waals surface area contributed by atoms with Gasteiger partial charge in [0.05, 0.1) is 19.7 Å². The van der Waals surface area contributed by atoms with E-state index in [1.165, 1.54) is 18.4 Å². The number of halogens is 1. The Morgan fingerprint density at radius 1 is 1.30 bits per heavy atom.